The van der Waals surface area contributed by atoms with Gasteiger partial charge in [-0.2, -0.15) is 0 Å². The van der Waals surface area contributed by atoms with Crippen LogP contribution in [-0.2, 0) is 6.42 Å². The highest BCUT2D eigenvalue weighted by Gasteiger charge is 2.40. The summed E-state index contributed by atoms with van der Waals surface area (Å²) < 4.78 is 0. The summed E-state index contributed by atoms with van der Waals surface area (Å²) >= 11 is 0. The van der Waals surface area contributed by atoms with Crippen molar-refractivity contribution in [3.8, 4) is 0 Å². The second-order valence-corrected chi connectivity index (χ2v) is 5.42. The molecule has 1 saturated carbocycles. The molecule has 1 fully saturated rings. The van der Waals surface area contributed by atoms with Gasteiger partial charge in [0.2, 0.25) is 0 Å². The lowest BCUT2D eigenvalue weighted by Gasteiger charge is -2.10. The number of benzene rings is 1. The van der Waals surface area contributed by atoms with Gasteiger partial charge >= 0.3 is 0 Å². The topological polar surface area (TPSA) is 41.8 Å². The van der Waals surface area contributed by atoms with Gasteiger partial charge in [-0.15, -0.1) is 0 Å². The number of aryl methyl sites for hydroxylation is 1. The monoisotopic (exact) mass is 228 g/mol. The Labute approximate surface area is 102 Å². The van der Waals surface area contributed by atoms with E-state index >= 15 is 0 Å². The minimum absolute atomic E-state index is 0.520. The molecule has 2 aromatic rings. The SMILES string of the molecule is NCC1(CCCc2c[nH]c3ccccc23)CC1. The average molecular weight is 228 g/mol. The fourth-order valence-corrected chi connectivity index (χ4v) is 2.73. The van der Waals surface area contributed by atoms with Crippen LogP contribution < -0.4 is 5.73 Å². The Morgan fingerprint density at radius 1 is 1.24 bits per heavy atom. The van der Waals surface area contributed by atoms with Crippen LogP contribution in [-0.4, -0.2) is 11.5 Å². The van der Waals surface area contributed by atoms with Crippen LogP contribution in [0.3, 0.4) is 0 Å². The summed E-state index contributed by atoms with van der Waals surface area (Å²) in [6, 6.07) is 8.54. The number of nitrogens with two attached hydrogens (primary N) is 1. The van der Waals surface area contributed by atoms with Gasteiger partial charge in [-0.25, -0.2) is 0 Å². The molecule has 1 aliphatic carbocycles. The molecule has 0 radical (unpaired) electrons. The van der Waals surface area contributed by atoms with Gasteiger partial charge in [0.15, 0.2) is 0 Å². The van der Waals surface area contributed by atoms with Gasteiger partial charge in [0.05, 0.1) is 0 Å². The summed E-state index contributed by atoms with van der Waals surface area (Å²) in [4.78, 5) is 3.34. The maximum absolute atomic E-state index is 5.81. The number of rotatable bonds is 5. The Balaban J connectivity index is 1.65. The number of H-pyrrole nitrogens is 1. The van der Waals surface area contributed by atoms with Gasteiger partial charge in [-0.1, -0.05) is 18.2 Å². The van der Waals surface area contributed by atoms with E-state index < -0.39 is 0 Å². The predicted molar refractivity (Wildman–Crippen MR) is 72.0 cm³/mol. The number of nitrogens with one attached hydrogen (secondary N) is 1. The van der Waals surface area contributed by atoms with Crippen molar-refractivity contribution in [3.63, 3.8) is 0 Å². The maximum atomic E-state index is 5.81. The zero-order valence-corrected chi connectivity index (χ0v) is 10.2. The van der Waals surface area contributed by atoms with Gasteiger partial charge in [-0.05, 0) is 55.7 Å². The summed E-state index contributed by atoms with van der Waals surface area (Å²) in [5, 5.41) is 1.38. The van der Waals surface area contributed by atoms with E-state index in [1.54, 1.807) is 0 Å². The van der Waals surface area contributed by atoms with Crippen LogP contribution >= 0.6 is 0 Å². The first-order chi connectivity index (χ1) is 8.33. The van der Waals surface area contributed by atoms with Crippen molar-refractivity contribution in [1.29, 1.82) is 0 Å². The molecule has 1 heterocycles. The quantitative estimate of drug-likeness (QED) is 0.810. The fourth-order valence-electron chi connectivity index (χ4n) is 2.73. The fraction of sp³-hybridized carbons (Fsp3) is 0.467. The summed E-state index contributed by atoms with van der Waals surface area (Å²) in [7, 11) is 0. The first kappa shape index (κ1) is 10.8. The number of fused-ring (bicyclic) bond motifs is 1. The molecule has 0 aliphatic heterocycles. The van der Waals surface area contributed by atoms with E-state index in [4.69, 9.17) is 5.73 Å². The van der Waals surface area contributed by atoms with Gasteiger partial charge in [0.1, 0.15) is 0 Å². The maximum Gasteiger partial charge on any atom is 0.0456 e. The number of para-hydroxylation sites is 1. The molecular formula is C15H20N2. The lowest BCUT2D eigenvalue weighted by Crippen LogP contribution is -2.15. The van der Waals surface area contributed by atoms with Crippen molar-refractivity contribution in [2.45, 2.75) is 32.1 Å². The van der Waals surface area contributed by atoms with Crippen LogP contribution in [0.15, 0.2) is 30.5 Å². The van der Waals surface area contributed by atoms with Crippen LogP contribution in [0.2, 0.25) is 0 Å². The summed E-state index contributed by atoms with van der Waals surface area (Å²) in [6.07, 6.45) is 8.58. The molecule has 0 bridgehead atoms. The highest BCUT2D eigenvalue weighted by atomic mass is 14.7. The number of aromatic amines is 1. The standard InChI is InChI=1S/C15H20N2/c16-11-15(8-9-15)7-3-4-12-10-17-14-6-2-1-5-13(12)14/h1-2,5-6,10,17H,3-4,7-9,11,16H2. The molecule has 3 rings (SSSR count). The molecule has 1 aliphatic rings. The molecule has 2 heteroatoms. The smallest absolute Gasteiger partial charge is 0.0456 e. The van der Waals surface area contributed by atoms with Gasteiger partial charge < -0.3 is 10.7 Å². The first-order valence-electron chi connectivity index (χ1n) is 6.58. The Hall–Kier alpha value is -1.28. The second kappa shape index (κ2) is 4.19. The molecule has 90 valence electrons. The normalized spacial score (nSPS) is 17.5. The van der Waals surface area contributed by atoms with E-state index in [0.717, 1.165) is 6.54 Å². The molecule has 17 heavy (non-hydrogen) atoms. The Kier molecular flexibility index (Phi) is 2.67. The number of aromatic nitrogens is 1. The summed E-state index contributed by atoms with van der Waals surface area (Å²) in [5.41, 5.74) is 9.04. The van der Waals surface area contributed by atoms with E-state index in [2.05, 4.69) is 35.4 Å². The minimum atomic E-state index is 0.520. The molecule has 1 aromatic heterocycles. The largest absolute Gasteiger partial charge is 0.361 e. The van der Waals surface area contributed by atoms with Crippen LogP contribution in [0.1, 0.15) is 31.2 Å². The Morgan fingerprint density at radius 3 is 2.82 bits per heavy atom. The molecule has 3 N–H and O–H groups in total. The van der Waals surface area contributed by atoms with Crippen LogP contribution in [0.5, 0.6) is 0 Å². The van der Waals surface area contributed by atoms with E-state index in [0.29, 0.717) is 5.41 Å². The number of hydrogen-bond acceptors (Lipinski definition) is 1. The highest BCUT2D eigenvalue weighted by molar-refractivity contribution is 5.82. The van der Waals surface area contributed by atoms with Gasteiger partial charge in [0.25, 0.3) is 0 Å². The molecule has 0 unspecified atom stereocenters. The Morgan fingerprint density at radius 2 is 2.06 bits per heavy atom. The molecule has 0 spiro atoms. The van der Waals surface area contributed by atoms with E-state index in [9.17, 15) is 0 Å². The lowest BCUT2D eigenvalue weighted by molar-refractivity contribution is 0.460. The van der Waals surface area contributed by atoms with E-state index in [1.807, 2.05) is 0 Å². The Bertz CT molecular complexity index is 508. The van der Waals surface area contributed by atoms with Crippen molar-refractivity contribution in [2.75, 3.05) is 6.54 Å². The molecule has 0 saturated heterocycles. The van der Waals surface area contributed by atoms with E-state index in [-0.39, 0.29) is 0 Å². The van der Waals surface area contributed by atoms with Crippen molar-refractivity contribution in [1.82, 2.24) is 4.98 Å². The first-order valence-corrected chi connectivity index (χ1v) is 6.58. The van der Waals surface area contributed by atoms with Crippen LogP contribution in [0.25, 0.3) is 10.9 Å². The van der Waals surface area contributed by atoms with Gasteiger partial charge in [-0.3, -0.25) is 0 Å². The van der Waals surface area contributed by atoms with E-state index in [1.165, 1.54) is 48.6 Å². The molecular weight excluding hydrogens is 208 g/mol. The zero-order chi connectivity index (χ0) is 11.7. The lowest BCUT2D eigenvalue weighted by atomic mass is 9.97. The third-order valence-electron chi connectivity index (χ3n) is 4.22. The number of hydrogen-bond donors (Lipinski definition) is 2. The summed E-state index contributed by atoms with van der Waals surface area (Å²) in [5.74, 6) is 0. The van der Waals surface area contributed by atoms with Crippen LogP contribution in [0.4, 0.5) is 0 Å². The molecule has 0 atom stereocenters. The third-order valence-corrected chi connectivity index (χ3v) is 4.22. The second-order valence-electron chi connectivity index (χ2n) is 5.42. The molecule has 0 amide bonds. The zero-order valence-electron chi connectivity index (χ0n) is 10.2. The third kappa shape index (κ3) is 2.09. The van der Waals surface area contributed by atoms with Gasteiger partial charge in [0, 0.05) is 17.1 Å². The van der Waals surface area contributed by atoms with Crippen LogP contribution in [0, 0.1) is 5.41 Å². The average Bonchev–Trinajstić information content (AvgIpc) is 3.04. The highest BCUT2D eigenvalue weighted by Crippen LogP contribution is 2.48. The van der Waals surface area contributed by atoms with Crippen molar-refractivity contribution < 1.29 is 0 Å². The molecule has 1 aromatic carbocycles. The van der Waals surface area contributed by atoms with Crippen molar-refractivity contribution >= 4 is 10.9 Å². The predicted octanol–water partition coefficient (Wildman–Crippen LogP) is 3.23. The van der Waals surface area contributed by atoms with Crippen molar-refractivity contribution in [3.05, 3.63) is 36.0 Å². The van der Waals surface area contributed by atoms with Crippen molar-refractivity contribution in [2.24, 2.45) is 11.1 Å². The molecule has 2 nitrogen and oxygen atoms in total. The minimum Gasteiger partial charge on any atom is -0.361 e. The summed E-state index contributed by atoms with van der Waals surface area (Å²) in [6.45, 7) is 0.876.